The summed E-state index contributed by atoms with van der Waals surface area (Å²) in [6.45, 7) is 0.622. The van der Waals surface area contributed by atoms with Crippen LogP contribution in [0.1, 0.15) is 70.6 Å². The van der Waals surface area contributed by atoms with Gasteiger partial charge in [0.25, 0.3) is 0 Å². The Bertz CT molecular complexity index is 366. The van der Waals surface area contributed by atoms with Crippen molar-refractivity contribution in [1.82, 2.24) is 0 Å². The molecule has 0 spiro atoms. The highest BCUT2D eigenvalue weighted by atomic mass is 32.8. The van der Waals surface area contributed by atoms with Crippen molar-refractivity contribution in [2.24, 2.45) is 5.11 Å². The molecule has 1 unspecified atom stereocenters. The van der Waals surface area contributed by atoms with Gasteiger partial charge in [0.2, 0.25) is 0 Å². The molecule has 0 aliphatic heterocycles. The molecule has 0 aromatic rings. The standard InChI is InChI=1S/C13H27N3O2S2/c14-16-15-12-10-8-6-4-2-1-3-5-7-9-11-13-20(17,18)19/h1-13H2,(H,17,18,19)/p-1. The SMILES string of the molecule is [N-]=[N+]=NCCCCCCCCCCCCCS(=O)([O-])=S. The van der Waals surface area contributed by atoms with Crippen LogP contribution in [-0.4, -0.2) is 21.1 Å². The van der Waals surface area contributed by atoms with Crippen LogP contribution >= 0.6 is 0 Å². The molecule has 0 amide bonds. The smallest absolute Gasteiger partial charge is 0.0257 e. The third-order valence-corrected chi connectivity index (χ3v) is 4.50. The Morgan fingerprint density at radius 3 is 1.70 bits per heavy atom. The summed E-state index contributed by atoms with van der Waals surface area (Å²) < 4.78 is 21.5. The van der Waals surface area contributed by atoms with E-state index in [1.807, 2.05) is 0 Å². The monoisotopic (exact) mass is 320 g/mol. The Labute approximate surface area is 127 Å². The average molecular weight is 321 g/mol. The van der Waals surface area contributed by atoms with E-state index in [1.54, 1.807) is 0 Å². The third-order valence-electron chi connectivity index (χ3n) is 3.22. The predicted molar refractivity (Wildman–Crippen MR) is 86.0 cm³/mol. The molecule has 0 fully saturated rings. The van der Waals surface area contributed by atoms with Crippen LogP contribution in [0.5, 0.6) is 0 Å². The molecule has 0 bridgehead atoms. The molecule has 20 heavy (non-hydrogen) atoms. The van der Waals surface area contributed by atoms with Gasteiger partial charge < -0.3 is 4.55 Å². The molecule has 7 heteroatoms. The van der Waals surface area contributed by atoms with E-state index in [0.717, 1.165) is 25.7 Å². The van der Waals surface area contributed by atoms with Crippen molar-refractivity contribution in [3.8, 4) is 0 Å². The first-order valence-corrected chi connectivity index (χ1v) is 10.1. The van der Waals surface area contributed by atoms with E-state index >= 15 is 0 Å². The van der Waals surface area contributed by atoms with Crippen molar-refractivity contribution in [2.45, 2.75) is 70.6 Å². The number of rotatable bonds is 14. The van der Waals surface area contributed by atoms with Crippen molar-refractivity contribution in [3.05, 3.63) is 10.4 Å². The zero-order chi connectivity index (χ0) is 15.1. The summed E-state index contributed by atoms with van der Waals surface area (Å²) in [6.07, 6.45) is 12.3. The summed E-state index contributed by atoms with van der Waals surface area (Å²) in [5, 5.41) is 3.51. The molecule has 0 saturated heterocycles. The van der Waals surface area contributed by atoms with Gasteiger partial charge in [-0.25, -0.2) is 0 Å². The van der Waals surface area contributed by atoms with E-state index in [2.05, 4.69) is 21.2 Å². The van der Waals surface area contributed by atoms with Crippen molar-refractivity contribution in [2.75, 3.05) is 12.3 Å². The summed E-state index contributed by atoms with van der Waals surface area (Å²) in [6, 6.07) is 0. The highest BCUT2D eigenvalue weighted by Crippen LogP contribution is 2.11. The second kappa shape index (κ2) is 13.6. The highest BCUT2D eigenvalue weighted by Gasteiger charge is 1.95. The summed E-state index contributed by atoms with van der Waals surface area (Å²) in [4.78, 5) is 2.72. The third kappa shape index (κ3) is 17.6. The van der Waals surface area contributed by atoms with Crippen LogP contribution < -0.4 is 0 Å². The lowest BCUT2D eigenvalue weighted by Crippen LogP contribution is -2.02. The minimum absolute atomic E-state index is 0.151. The Balaban J connectivity index is 3.08. The molecule has 0 aromatic carbocycles. The van der Waals surface area contributed by atoms with Crippen LogP contribution in [0.3, 0.4) is 0 Å². The molecule has 0 radical (unpaired) electrons. The zero-order valence-corrected chi connectivity index (χ0v) is 13.8. The number of unbranched alkanes of at least 4 members (excludes halogenated alkanes) is 10. The van der Waals surface area contributed by atoms with E-state index in [9.17, 15) is 8.76 Å². The van der Waals surface area contributed by atoms with E-state index in [0.29, 0.717) is 13.0 Å². The molecule has 0 heterocycles. The van der Waals surface area contributed by atoms with Crippen molar-refractivity contribution in [1.29, 1.82) is 0 Å². The van der Waals surface area contributed by atoms with Crippen LogP contribution in [0.25, 0.3) is 10.4 Å². The molecular formula is C13H26N3O2S2-. The van der Waals surface area contributed by atoms with E-state index < -0.39 is 8.77 Å². The Morgan fingerprint density at radius 2 is 1.30 bits per heavy atom. The lowest BCUT2D eigenvalue weighted by Gasteiger charge is -2.09. The molecule has 0 aromatic heterocycles. The summed E-state index contributed by atoms with van der Waals surface area (Å²) in [7, 11) is -3.18. The molecule has 0 N–H and O–H groups in total. The van der Waals surface area contributed by atoms with Gasteiger partial charge >= 0.3 is 0 Å². The van der Waals surface area contributed by atoms with Gasteiger partial charge in [-0.05, 0) is 38.3 Å². The van der Waals surface area contributed by atoms with Crippen LogP contribution in [0, 0.1) is 0 Å². The second-order valence-corrected chi connectivity index (χ2v) is 8.15. The van der Waals surface area contributed by atoms with Gasteiger partial charge in [0.1, 0.15) is 0 Å². The van der Waals surface area contributed by atoms with Gasteiger partial charge in [-0.1, -0.05) is 62.9 Å². The van der Waals surface area contributed by atoms with Gasteiger partial charge in [-0.2, -0.15) is 0 Å². The number of hydrogen-bond donors (Lipinski definition) is 0. The molecule has 118 valence electrons. The fourth-order valence-electron chi connectivity index (χ4n) is 2.10. The van der Waals surface area contributed by atoms with Crippen LogP contribution in [0.15, 0.2) is 5.11 Å². The summed E-state index contributed by atoms with van der Waals surface area (Å²) in [5.41, 5.74) is 8.11. The van der Waals surface area contributed by atoms with Gasteiger partial charge in [0.05, 0.1) is 0 Å². The molecule has 0 saturated carbocycles. The maximum absolute atomic E-state index is 10.7. The van der Waals surface area contributed by atoms with Gasteiger partial charge in [-0.3, -0.25) is 4.21 Å². The molecule has 0 aliphatic carbocycles. The maximum atomic E-state index is 10.7. The molecule has 1 atom stereocenters. The predicted octanol–water partition coefficient (Wildman–Crippen LogP) is 4.46. The normalized spacial score (nSPS) is 13.7. The Morgan fingerprint density at radius 1 is 0.900 bits per heavy atom. The fourth-order valence-corrected chi connectivity index (χ4v) is 3.01. The second-order valence-electron chi connectivity index (χ2n) is 5.11. The maximum Gasteiger partial charge on any atom is 0.0257 e. The largest absolute Gasteiger partial charge is 0.769 e. The number of hydrogen-bond acceptors (Lipinski definition) is 4. The Hall–Kier alpha value is -0.360. The topological polar surface area (TPSA) is 88.9 Å². The van der Waals surface area contributed by atoms with Crippen molar-refractivity contribution in [3.63, 3.8) is 0 Å². The number of nitrogens with zero attached hydrogens (tertiary/aromatic N) is 3. The van der Waals surface area contributed by atoms with Crippen molar-refractivity contribution >= 4 is 20.0 Å². The molecule has 5 nitrogen and oxygen atoms in total. The van der Waals surface area contributed by atoms with E-state index in [1.165, 1.54) is 38.5 Å². The highest BCUT2D eigenvalue weighted by molar-refractivity contribution is 8.29. The lowest BCUT2D eigenvalue weighted by atomic mass is 10.1. The fraction of sp³-hybridized carbons (Fsp3) is 1.00. The zero-order valence-electron chi connectivity index (χ0n) is 12.2. The van der Waals surface area contributed by atoms with Crippen molar-refractivity contribution < 1.29 is 8.76 Å². The van der Waals surface area contributed by atoms with E-state index in [-0.39, 0.29) is 5.75 Å². The van der Waals surface area contributed by atoms with Crippen LogP contribution in [0.2, 0.25) is 0 Å². The minimum Gasteiger partial charge on any atom is -0.769 e. The van der Waals surface area contributed by atoms with E-state index in [4.69, 9.17) is 5.53 Å². The molecular weight excluding hydrogens is 294 g/mol. The minimum atomic E-state index is -3.18. The van der Waals surface area contributed by atoms with Crippen LogP contribution in [-0.2, 0) is 20.0 Å². The van der Waals surface area contributed by atoms with Gasteiger partial charge in [0.15, 0.2) is 0 Å². The Kier molecular flexibility index (Phi) is 13.4. The van der Waals surface area contributed by atoms with Gasteiger partial charge in [-0.15, -0.1) is 0 Å². The quantitative estimate of drug-likeness (QED) is 0.205. The van der Waals surface area contributed by atoms with Crippen LogP contribution in [0.4, 0.5) is 0 Å². The molecule has 0 rings (SSSR count). The molecule has 0 aliphatic rings. The first-order chi connectivity index (χ1) is 9.56. The first kappa shape index (κ1) is 19.6. The lowest BCUT2D eigenvalue weighted by molar-refractivity contribution is 0.525. The van der Waals surface area contributed by atoms with Gasteiger partial charge in [0, 0.05) is 17.2 Å². The summed E-state index contributed by atoms with van der Waals surface area (Å²) >= 11 is 4.33. The first-order valence-electron chi connectivity index (χ1n) is 7.50. The number of azide groups is 1. The average Bonchev–Trinajstić information content (AvgIpc) is 2.38. The summed E-state index contributed by atoms with van der Waals surface area (Å²) in [5.74, 6) is 0.151.